The fourth-order valence-electron chi connectivity index (χ4n) is 4.91. The van der Waals surface area contributed by atoms with Gasteiger partial charge in [-0.15, -0.1) is 0 Å². The van der Waals surface area contributed by atoms with E-state index in [4.69, 9.17) is 0 Å². The minimum atomic E-state index is -4.43. The highest BCUT2D eigenvalue weighted by atomic mass is 19.4. The summed E-state index contributed by atoms with van der Waals surface area (Å²) < 4.78 is 39.4. The second-order valence-corrected chi connectivity index (χ2v) is 7.39. The van der Waals surface area contributed by atoms with Crippen molar-refractivity contribution in [3.05, 3.63) is 29.3 Å². The first-order valence-corrected chi connectivity index (χ1v) is 8.87. The van der Waals surface area contributed by atoms with E-state index in [1.807, 2.05) is 4.90 Å². The van der Waals surface area contributed by atoms with Crippen molar-refractivity contribution in [2.45, 2.75) is 57.2 Å². The molecule has 134 valence electrons. The number of anilines is 1. The van der Waals surface area contributed by atoms with Crippen molar-refractivity contribution in [3.8, 4) is 0 Å². The van der Waals surface area contributed by atoms with Crippen LogP contribution in [-0.4, -0.2) is 24.2 Å². The molecule has 0 unspecified atom stereocenters. The molecular formula is C19H20F3NO2. The molecule has 3 nitrogen and oxygen atoms in total. The van der Waals surface area contributed by atoms with Crippen LogP contribution in [0.4, 0.5) is 18.9 Å². The Kier molecular flexibility index (Phi) is 3.71. The fourth-order valence-corrected chi connectivity index (χ4v) is 4.91. The van der Waals surface area contributed by atoms with E-state index < -0.39 is 17.2 Å². The van der Waals surface area contributed by atoms with Crippen LogP contribution in [0.25, 0.3) is 0 Å². The van der Waals surface area contributed by atoms with Crippen molar-refractivity contribution in [1.29, 1.82) is 0 Å². The van der Waals surface area contributed by atoms with Crippen molar-refractivity contribution in [1.82, 2.24) is 0 Å². The number of ketones is 2. The third-order valence-electron chi connectivity index (χ3n) is 6.06. The lowest BCUT2D eigenvalue weighted by Gasteiger charge is -2.53. The van der Waals surface area contributed by atoms with Gasteiger partial charge in [0.05, 0.1) is 5.56 Å². The molecule has 6 heteroatoms. The predicted molar refractivity (Wildman–Crippen MR) is 86.4 cm³/mol. The van der Waals surface area contributed by atoms with Crippen molar-refractivity contribution >= 4 is 17.3 Å². The number of benzene rings is 1. The number of piperidine rings is 1. The van der Waals surface area contributed by atoms with E-state index >= 15 is 0 Å². The normalized spacial score (nSPS) is 25.7. The van der Waals surface area contributed by atoms with Crippen LogP contribution in [0.2, 0.25) is 0 Å². The van der Waals surface area contributed by atoms with Crippen molar-refractivity contribution in [3.63, 3.8) is 0 Å². The minimum absolute atomic E-state index is 0.0799. The quantitative estimate of drug-likeness (QED) is 0.665. The van der Waals surface area contributed by atoms with Gasteiger partial charge in [0.25, 0.3) is 0 Å². The van der Waals surface area contributed by atoms with E-state index in [0.29, 0.717) is 31.4 Å². The van der Waals surface area contributed by atoms with E-state index in [1.54, 1.807) is 0 Å². The number of hydrogen-bond acceptors (Lipinski definition) is 3. The summed E-state index contributed by atoms with van der Waals surface area (Å²) in [6.07, 6.45) is -0.435. The predicted octanol–water partition coefficient (Wildman–Crippen LogP) is 3.93. The molecule has 2 aliphatic heterocycles. The van der Waals surface area contributed by atoms with Gasteiger partial charge in [0, 0.05) is 31.1 Å². The van der Waals surface area contributed by atoms with E-state index in [-0.39, 0.29) is 24.0 Å². The molecule has 1 aromatic rings. The summed E-state index contributed by atoms with van der Waals surface area (Å²) >= 11 is 0. The third kappa shape index (κ3) is 2.41. The van der Waals surface area contributed by atoms with Crippen LogP contribution in [-0.2, 0) is 22.2 Å². The Labute approximate surface area is 144 Å². The Balaban J connectivity index is 1.87. The van der Waals surface area contributed by atoms with Crippen LogP contribution >= 0.6 is 0 Å². The number of halogens is 3. The van der Waals surface area contributed by atoms with Gasteiger partial charge in [0.15, 0.2) is 0 Å². The Bertz CT molecular complexity index is 725. The zero-order chi connectivity index (χ0) is 17.8. The second-order valence-electron chi connectivity index (χ2n) is 7.39. The number of carbonyl (C=O) groups excluding carboxylic acids is 2. The molecule has 0 aromatic heterocycles. The maximum Gasteiger partial charge on any atom is 0.416 e. The first-order chi connectivity index (χ1) is 11.8. The molecule has 1 atom stereocenters. The van der Waals surface area contributed by atoms with Gasteiger partial charge in [-0.05, 0) is 55.9 Å². The third-order valence-corrected chi connectivity index (χ3v) is 6.06. The van der Waals surface area contributed by atoms with Crippen LogP contribution in [0.15, 0.2) is 18.2 Å². The van der Waals surface area contributed by atoms with Crippen molar-refractivity contribution < 1.29 is 22.8 Å². The highest BCUT2D eigenvalue weighted by molar-refractivity contribution is 6.11. The average molecular weight is 351 g/mol. The SMILES string of the molecule is O=C1CCCC(=O)C12Cc1cc(C(F)(F)F)ccc1N1CCCC[C@H]12. The Morgan fingerprint density at radius 3 is 2.44 bits per heavy atom. The van der Waals surface area contributed by atoms with Gasteiger partial charge in [-0.2, -0.15) is 13.2 Å². The van der Waals surface area contributed by atoms with Gasteiger partial charge in [-0.25, -0.2) is 0 Å². The lowest BCUT2D eigenvalue weighted by molar-refractivity contribution is -0.146. The molecule has 1 spiro atoms. The fraction of sp³-hybridized carbons (Fsp3) is 0.579. The number of rotatable bonds is 0. The zero-order valence-electron chi connectivity index (χ0n) is 13.9. The molecule has 0 bridgehead atoms. The molecule has 0 amide bonds. The van der Waals surface area contributed by atoms with Crippen LogP contribution in [0, 0.1) is 5.41 Å². The molecule has 1 aromatic carbocycles. The summed E-state index contributed by atoms with van der Waals surface area (Å²) in [5.41, 5.74) is -0.616. The Morgan fingerprint density at radius 2 is 1.76 bits per heavy atom. The van der Waals surface area contributed by atoms with Gasteiger partial charge in [-0.1, -0.05) is 0 Å². The van der Waals surface area contributed by atoms with Gasteiger partial charge in [0.1, 0.15) is 17.0 Å². The molecule has 25 heavy (non-hydrogen) atoms. The summed E-state index contributed by atoms with van der Waals surface area (Å²) in [6.45, 7) is 0.686. The number of hydrogen-bond donors (Lipinski definition) is 0. The molecule has 0 radical (unpaired) electrons. The Hall–Kier alpha value is -1.85. The summed E-state index contributed by atoms with van der Waals surface area (Å²) in [6, 6.07) is 3.55. The van der Waals surface area contributed by atoms with Gasteiger partial charge in [-0.3, -0.25) is 9.59 Å². The Morgan fingerprint density at radius 1 is 1.04 bits per heavy atom. The lowest BCUT2D eigenvalue weighted by atomic mass is 9.60. The highest BCUT2D eigenvalue weighted by Gasteiger charge is 2.57. The van der Waals surface area contributed by atoms with Gasteiger partial charge < -0.3 is 4.90 Å². The van der Waals surface area contributed by atoms with Crippen LogP contribution in [0.3, 0.4) is 0 Å². The average Bonchev–Trinajstić information content (AvgIpc) is 2.58. The van der Waals surface area contributed by atoms with E-state index in [2.05, 4.69) is 0 Å². The van der Waals surface area contributed by atoms with Crippen LogP contribution in [0.1, 0.15) is 49.7 Å². The molecule has 1 saturated carbocycles. The molecule has 1 saturated heterocycles. The van der Waals surface area contributed by atoms with Crippen LogP contribution in [0.5, 0.6) is 0 Å². The zero-order valence-corrected chi connectivity index (χ0v) is 13.9. The summed E-state index contributed by atoms with van der Waals surface area (Å²) in [5, 5.41) is 0. The smallest absolute Gasteiger partial charge is 0.367 e. The van der Waals surface area contributed by atoms with Crippen LogP contribution < -0.4 is 4.90 Å². The highest BCUT2D eigenvalue weighted by Crippen LogP contribution is 2.50. The number of alkyl halides is 3. The van der Waals surface area contributed by atoms with E-state index in [0.717, 1.165) is 37.1 Å². The first kappa shape index (κ1) is 16.6. The largest absolute Gasteiger partial charge is 0.416 e. The molecule has 1 aliphatic carbocycles. The topological polar surface area (TPSA) is 37.4 Å². The molecule has 0 N–H and O–H groups in total. The molecule has 2 heterocycles. The molecule has 3 aliphatic rings. The number of fused-ring (bicyclic) bond motifs is 4. The van der Waals surface area contributed by atoms with Crippen molar-refractivity contribution in [2.75, 3.05) is 11.4 Å². The molecule has 4 rings (SSSR count). The number of nitrogens with zero attached hydrogens (tertiary/aromatic N) is 1. The maximum absolute atomic E-state index is 13.1. The molecule has 2 fully saturated rings. The van der Waals surface area contributed by atoms with E-state index in [1.165, 1.54) is 6.07 Å². The van der Waals surface area contributed by atoms with Crippen molar-refractivity contribution in [2.24, 2.45) is 5.41 Å². The van der Waals surface area contributed by atoms with Gasteiger partial charge >= 0.3 is 6.18 Å². The van der Waals surface area contributed by atoms with Gasteiger partial charge in [0.2, 0.25) is 0 Å². The summed E-state index contributed by atoms with van der Waals surface area (Å²) in [5.74, 6) is -0.160. The first-order valence-electron chi connectivity index (χ1n) is 8.87. The standard InChI is InChI=1S/C19H20F3NO2/c20-19(21,22)13-7-8-14-12(10-13)11-18(15-4-1-2-9-23(14)15)16(24)5-3-6-17(18)25/h7-8,10,15H,1-6,9,11H2/t15-/m0/s1. The minimum Gasteiger partial charge on any atom is -0.367 e. The second kappa shape index (κ2) is 5.58. The number of Topliss-reactive ketones (excluding diaryl/α,β-unsaturated/α-hetero) is 2. The summed E-state index contributed by atoms with van der Waals surface area (Å²) in [7, 11) is 0. The number of carbonyl (C=O) groups is 2. The lowest BCUT2D eigenvalue weighted by Crippen LogP contribution is -2.62. The molecular weight excluding hydrogens is 331 g/mol. The maximum atomic E-state index is 13.1. The summed E-state index contributed by atoms with van der Waals surface area (Å²) in [4.78, 5) is 27.7. The van der Waals surface area contributed by atoms with E-state index in [9.17, 15) is 22.8 Å². The monoisotopic (exact) mass is 351 g/mol.